The molecule has 0 aliphatic carbocycles. The van der Waals surface area contributed by atoms with Crippen LogP contribution in [0.2, 0.25) is 0 Å². The topological polar surface area (TPSA) is 15.3 Å². The second-order valence-corrected chi connectivity index (χ2v) is 5.97. The van der Waals surface area contributed by atoms with Crippen LogP contribution in [-0.4, -0.2) is 36.1 Å². The highest BCUT2D eigenvalue weighted by Crippen LogP contribution is 2.25. The predicted octanol–water partition coefficient (Wildman–Crippen LogP) is 3.03. The smallest absolute Gasteiger partial charge is 0.0356 e. The fourth-order valence-electron chi connectivity index (χ4n) is 2.88. The molecule has 0 amide bonds. The molecule has 1 rings (SSSR count). The first-order valence-electron chi connectivity index (χ1n) is 7.54. The molecule has 1 fully saturated rings. The Morgan fingerprint density at radius 2 is 1.83 bits per heavy atom. The van der Waals surface area contributed by atoms with E-state index in [1.54, 1.807) is 0 Å². The first-order chi connectivity index (χ1) is 8.62. The third kappa shape index (κ3) is 4.30. The second kappa shape index (κ2) is 7.81. The number of nitrogens with zero attached hydrogens (tertiary/aromatic N) is 1. The minimum Gasteiger partial charge on any atom is -0.311 e. The lowest BCUT2D eigenvalue weighted by molar-refractivity contribution is 0.0852. The van der Waals surface area contributed by atoms with Gasteiger partial charge in [0.15, 0.2) is 0 Å². The summed E-state index contributed by atoms with van der Waals surface area (Å²) in [5, 5.41) is 3.64. The van der Waals surface area contributed by atoms with E-state index in [0.29, 0.717) is 6.04 Å². The summed E-state index contributed by atoms with van der Waals surface area (Å²) in [7, 11) is 0. The van der Waals surface area contributed by atoms with Gasteiger partial charge in [-0.3, -0.25) is 4.90 Å². The first-order valence-corrected chi connectivity index (χ1v) is 7.54. The van der Waals surface area contributed by atoms with E-state index in [1.165, 1.54) is 38.8 Å². The van der Waals surface area contributed by atoms with Crippen molar-refractivity contribution in [1.82, 2.24) is 10.2 Å². The van der Waals surface area contributed by atoms with Crippen LogP contribution in [0.15, 0.2) is 0 Å². The van der Waals surface area contributed by atoms with E-state index in [-0.39, 0.29) is 5.54 Å². The highest BCUT2D eigenvalue weighted by molar-refractivity contribution is 5.01. The highest BCUT2D eigenvalue weighted by Gasteiger charge is 2.34. The molecule has 1 aliphatic heterocycles. The molecule has 0 aromatic carbocycles. The van der Waals surface area contributed by atoms with Gasteiger partial charge in [0.1, 0.15) is 0 Å². The molecule has 2 nitrogen and oxygen atoms in total. The maximum Gasteiger partial charge on any atom is 0.0356 e. The quantitative estimate of drug-likeness (QED) is 0.729. The largest absolute Gasteiger partial charge is 0.311 e. The molecular formula is C16H30N2. The van der Waals surface area contributed by atoms with Crippen molar-refractivity contribution in [3.63, 3.8) is 0 Å². The number of terminal acetylenes is 1. The zero-order chi connectivity index (χ0) is 13.4. The van der Waals surface area contributed by atoms with Gasteiger partial charge < -0.3 is 5.32 Å². The van der Waals surface area contributed by atoms with Crippen molar-refractivity contribution in [3.8, 4) is 12.3 Å². The highest BCUT2D eigenvalue weighted by atomic mass is 15.2. The van der Waals surface area contributed by atoms with Gasteiger partial charge in [0, 0.05) is 18.0 Å². The summed E-state index contributed by atoms with van der Waals surface area (Å²) < 4.78 is 0. The molecular weight excluding hydrogens is 220 g/mol. The van der Waals surface area contributed by atoms with Crippen molar-refractivity contribution >= 4 is 0 Å². The van der Waals surface area contributed by atoms with Crippen LogP contribution in [0.3, 0.4) is 0 Å². The van der Waals surface area contributed by atoms with Crippen LogP contribution in [0.5, 0.6) is 0 Å². The van der Waals surface area contributed by atoms with Gasteiger partial charge in [-0.1, -0.05) is 19.8 Å². The van der Waals surface area contributed by atoms with Gasteiger partial charge in [-0.15, -0.1) is 12.3 Å². The number of likely N-dealkylation sites (tertiary alicyclic amines) is 1. The molecule has 2 heteroatoms. The maximum atomic E-state index is 5.55. The van der Waals surface area contributed by atoms with Crippen LogP contribution in [0.1, 0.15) is 59.3 Å². The summed E-state index contributed by atoms with van der Waals surface area (Å²) in [4.78, 5) is 2.64. The zero-order valence-corrected chi connectivity index (χ0v) is 12.5. The molecule has 0 saturated carbocycles. The SMILES string of the molecule is C#CCC(NCCC)C(C)(C)N1CCCCCC1. The van der Waals surface area contributed by atoms with Crippen molar-refractivity contribution in [3.05, 3.63) is 0 Å². The average molecular weight is 250 g/mol. The fraction of sp³-hybridized carbons (Fsp3) is 0.875. The van der Waals surface area contributed by atoms with Gasteiger partial charge in [-0.25, -0.2) is 0 Å². The Morgan fingerprint density at radius 3 is 2.33 bits per heavy atom. The molecule has 0 aromatic heterocycles. The Bertz CT molecular complexity index is 257. The minimum absolute atomic E-state index is 0.159. The monoisotopic (exact) mass is 250 g/mol. The predicted molar refractivity (Wildman–Crippen MR) is 79.7 cm³/mol. The fourth-order valence-corrected chi connectivity index (χ4v) is 2.88. The van der Waals surface area contributed by atoms with E-state index >= 15 is 0 Å². The summed E-state index contributed by atoms with van der Waals surface area (Å²) in [5.41, 5.74) is 0.159. The zero-order valence-electron chi connectivity index (χ0n) is 12.5. The summed E-state index contributed by atoms with van der Waals surface area (Å²) in [6.45, 7) is 10.4. The van der Waals surface area contributed by atoms with Gasteiger partial charge in [0.2, 0.25) is 0 Å². The minimum atomic E-state index is 0.159. The molecule has 1 heterocycles. The molecule has 18 heavy (non-hydrogen) atoms. The third-order valence-corrected chi connectivity index (χ3v) is 4.24. The second-order valence-electron chi connectivity index (χ2n) is 5.97. The number of rotatable bonds is 6. The van der Waals surface area contributed by atoms with E-state index in [2.05, 4.69) is 36.9 Å². The van der Waals surface area contributed by atoms with Gasteiger partial charge in [0.25, 0.3) is 0 Å². The molecule has 1 aliphatic rings. The molecule has 0 radical (unpaired) electrons. The van der Waals surface area contributed by atoms with E-state index in [4.69, 9.17) is 6.42 Å². The Labute approximate surface area is 114 Å². The lowest BCUT2D eigenvalue weighted by atomic mass is 9.89. The summed E-state index contributed by atoms with van der Waals surface area (Å²) in [6, 6.07) is 0.403. The lowest BCUT2D eigenvalue weighted by Crippen LogP contribution is -2.58. The Hall–Kier alpha value is -0.520. The summed E-state index contributed by atoms with van der Waals surface area (Å²) in [5.74, 6) is 2.85. The first kappa shape index (κ1) is 15.5. The molecule has 0 bridgehead atoms. The average Bonchev–Trinajstić information content (AvgIpc) is 2.63. The van der Waals surface area contributed by atoms with Crippen molar-refractivity contribution < 1.29 is 0 Å². The molecule has 1 unspecified atom stereocenters. The molecule has 1 saturated heterocycles. The normalized spacial score (nSPS) is 20.1. The van der Waals surface area contributed by atoms with Crippen LogP contribution in [0.25, 0.3) is 0 Å². The molecule has 0 aromatic rings. The number of nitrogens with one attached hydrogen (secondary N) is 1. The van der Waals surface area contributed by atoms with Gasteiger partial charge >= 0.3 is 0 Å². The van der Waals surface area contributed by atoms with E-state index in [1.807, 2.05) is 0 Å². The van der Waals surface area contributed by atoms with E-state index in [9.17, 15) is 0 Å². The Kier molecular flexibility index (Phi) is 6.75. The van der Waals surface area contributed by atoms with Crippen molar-refractivity contribution in [2.45, 2.75) is 70.9 Å². The summed E-state index contributed by atoms with van der Waals surface area (Å²) in [6.07, 6.45) is 13.0. The van der Waals surface area contributed by atoms with Crippen LogP contribution >= 0.6 is 0 Å². The van der Waals surface area contributed by atoms with Gasteiger partial charge in [0.05, 0.1) is 0 Å². The molecule has 104 valence electrons. The Balaban J connectivity index is 2.68. The van der Waals surface area contributed by atoms with Crippen molar-refractivity contribution in [1.29, 1.82) is 0 Å². The maximum absolute atomic E-state index is 5.55. The third-order valence-electron chi connectivity index (χ3n) is 4.24. The van der Waals surface area contributed by atoms with Crippen LogP contribution < -0.4 is 5.32 Å². The van der Waals surface area contributed by atoms with Crippen LogP contribution in [0.4, 0.5) is 0 Å². The molecule has 1 atom stereocenters. The van der Waals surface area contributed by atoms with E-state index < -0.39 is 0 Å². The molecule has 1 N–H and O–H groups in total. The molecule has 0 spiro atoms. The number of hydrogen-bond donors (Lipinski definition) is 1. The lowest BCUT2D eigenvalue weighted by Gasteiger charge is -2.44. The van der Waals surface area contributed by atoms with Gasteiger partial charge in [-0.2, -0.15) is 0 Å². The van der Waals surface area contributed by atoms with E-state index in [0.717, 1.165) is 19.4 Å². The van der Waals surface area contributed by atoms with Crippen LogP contribution in [0, 0.1) is 12.3 Å². The Morgan fingerprint density at radius 1 is 1.22 bits per heavy atom. The van der Waals surface area contributed by atoms with Gasteiger partial charge in [-0.05, 0) is 52.7 Å². The summed E-state index contributed by atoms with van der Waals surface area (Å²) >= 11 is 0. The van der Waals surface area contributed by atoms with Crippen molar-refractivity contribution in [2.24, 2.45) is 0 Å². The van der Waals surface area contributed by atoms with Crippen LogP contribution in [-0.2, 0) is 0 Å². The standard InChI is InChI=1S/C16H30N2/c1-5-11-15(17-12-6-2)16(3,4)18-13-9-7-8-10-14-18/h1,15,17H,6-14H2,2-4H3. The number of hydrogen-bond acceptors (Lipinski definition) is 2. The van der Waals surface area contributed by atoms with Crippen molar-refractivity contribution in [2.75, 3.05) is 19.6 Å².